The minimum absolute atomic E-state index is 0.0247. The van der Waals surface area contributed by atoms with Crippen LogP contribution in [0, 0.1) is 0 Å². The third-order valence-electron chi connectivity index (χ3n) is 3.23. The van der Waals surface area contributed by atoms with Gasteiger partial charge in [0.25, 0.3) is 5.91 Å². The van der Waals surface area contributed by atoms with Crippen LogP contribution in [0.3, 0.4) is 0 Å². The number of aromatic nitrogens is 1. The van der Waals surface area contributed by atoms with Gasteiger partial charge in [0, 0.05) is 19.3 Å². The van der Waals surface area contributed by atoms with Gasteiger partial charge >= 0.3 is 6.18 Å². The summed E-state index contributed by atoms with van der Waals surface area (Å²) in [5.41, 5.74) is 6.54. The molecule has 1 aromatic carbocycles. The number of nitrogens with zero attached hydrogens (tertiary/aromatic N) is 3. The minimum atomic E-state index is -4.46. The molecule has 0 fully saturated rings. The van der Waals surface area contributed by atoms with Crippen LogP contribution in [-0.2, 0) is 0 Å². The van der Waals surface area contributed by atoms with Gasteiger partial charge in [0.1, 0.15) is 5.84 Å². The number of carbonyl (C=O) groups excluding carboxylic acids is 1. The second kappa shape index (κ2) is 8.99. The molecule has 0 saturated heterocycles. The summed E-state index contributed by atoms with van der Waals surface area (Å²) in [6.07, 6.45) is -3.36. The Bertz CT molecular complexity index is 779. The Kier molecular flexibility index (Phi) is 6.72. The summed E-state index contributed by atoms with van der Waals surface area (Å²) < 4.78 is 40.8. The fraction of sp³-hybridized carbons (Fsp3) is 0.235. The Morgan fingerprint density at radius 2 is 1.96 bits per heavy atom. The predicted molar refractivity (Wildman–Crippen MR) is 94.6 cm³/mol. The molecule has 0 atom stereocenters. The van der Waals surface area contributed by atoms with Crippen molar-refractivity contribution in [1.29, 1.82) is 0 Å². The van der Waals surface area contributed by atoms with Crippen LogP contribution in [0.2, 0.25) is 0 Å². The number of hydrogen-bond acceptors (Lipinski definition) is 6. The van der Waals surface area contributed by atoms with Crippen molar-refractivity contribution < 1.29 is 22.7 Å². The molecule has 0 unspecified atom stereocenters. The monoisotopic (exact) mass is 381 g/mol. The maximum atomic E-state index is 12.2. The molecule has 1 amide bonds. The van der Waals surface area contributed by atoms with Gasteiger partial charge in [0.2, 0.25) is 5.88 Å². The minimum Gasteiger partial charge on any atom is -0.468 e. The second-order valence-corrected chi connectivity index (χ2v) is 5.35. The SMILES string of the molecule is CN(/N=C(\CN)NC(=O)c1ccc(OCC(F)(F)F)nc1)c1ccccc1. The molecular weight excluding hydrogens is 363 g/mol. The van der Waals surface area contributed by atoms with E-state index in [4.69, 9.17) is 5.73 Å². The van der Waals surface area contributed by atoms with Crippen LogP contribution in [0.25, 0.3) is 0 Å². The molecule has 1 heterocycles. The summed E-state index contributed by atoms with van der Waals surface area (Å²) in [5, 5.41) is 8.32. The zero-order valence-corrected chi connectivity index (χ0v) is 14.4. The highest BCUT2D eigenvalue weighted by Crippen LogP contribution is 2.17. The van der Waals surface area contributed by atoms with E-state index in [1.165, 1.54) is 12.1 Å². The van der Waals surface area contributed by atoms with E-state index < -0.39 is 18.7 Å². The van der Waals surface area contributed by atoms with Gasteiger partial charge in [0.05, 0.1) is 17.8 Å². The van der Waals surface area contributed by atoms with Gasteiger partial charge in [-0.05, 0) is 18.2 Å². The molecule has 3 N–H and O–H groups in total. The molecule has 144 valence electrons. The van der Waals surface area contributed by atoms with Crippen LogP contribution >= 0.6 is 0 Å². The summed E-state index contributed by atoms with van der Waals surface area (Å²) in [6, 6.07) is 11.7. The van der Waals surface area contributed by atoms with Crippen LogP contribution in [0.5, 0.6) is 5.88 Å². The molecule has 7 nitrogen and oxygen atoms in total. The number of amides is 1. The van der Waals surface area contributed by atoms with E-state index in [-0.39, 0.29) is 23.8 Å². The molecule has 0 radical (unpaired) electrons. The summed E-state index contributed by atoms with van der Waals surface area (Å²) in [7, 11) is 1.70. The fourth-order valence-corrected chi connectivity index (χ4v) is 1.96. The third-order valence-corrected chi connectivity index (χ3v) is 3.23. The normalized spacial score (nSPS) is 11.8. The standard InChI is InChI=1S/C17H18F3N5O2/c1-25(13-5-3-2-4-6-13)24-14(9-21)23-16(26)12-7-8-15(22-10-12)27-11-17(18,19)20/h2-8,10H,9,11,21H2,1H3,(H,23,24,26). The second-order valence-electron chi connectivity index (χ2n) is 5.35. The van der Waals surface area contributed by atoms with Gasteiger partial charge in [-0.1, -0.05) is 18.2 Å². The summed E-state index contributed by atoms with van der Waals surface area (Å²) in [6.45, 7) is -1.48. The first kappa shape index (κ1) is 20.2. The third kappa shape index (κ3) is 6.59. The lowest BCUT2D eigenvalue weighted by molar-refractivity contribution is -0.154. The number of rotatable bonds is 6. The number of hydrogen-bond donors (Lipinski definition) is 2. The first-order chi connectivity index (χ1) is 12.8. The Morgan fingerprint density at radius 3 is 2.52 bits per heavy atom. The van der Waals surface area contributed by atoms with E-state index in [1.54, 1.807) is 12.1 Å². The zero-order chi connectivity index (χ0) is 19.9. The van der Waals surface area contributed by atoms with Crippen LogP contribution in [0.1, 0.15) is 10.4 Å². The van der Waals surface area contributed by atoms with Crippen LogP contribution < -0.4 is 20.8 Å². The Balaban J connectivity index is 2.01. The maximum absolute atomic E-state index is 12.2. The van der Waals surface area contributed by atoms with Crippen molar-refractivity contribution in [3.05, 3.63) is 54.2 Å². The van der Waals surface area contributed by atoms with Gasteiger partial charge < -0.3 is 15.8 Å². The molecule has 0 spiro atoms. The molecule has 10 heteroatoms. The van der Waals surface area contributed by atoms with E-state index in [0.29, 0.717) is 0 Å². The molecule has 2 rings (SSSR count). The molecule has 0 saturated carbocycles. The maximum Gasteiger partial charge on any atom is 0.422 e. The lowest BCUT2D eigenvalue weighted by Gasteiger charge is -2.15. The van der Waals surface area contributed by atoms with E-state index in [0.717, 1.165) is 11.9 Å². The van der Waals surface area contributed by atoms with Crippen molar-refractivity contribution in [2.24, 2.45) is 10.8 Å². The number of halogens is 3. The molecule has 1 aromatic heterocycles. The van der Waals surface area contributed by atoms with Crippen molar-refractivity contribution in [3.63, 3.8) is 0 Å². The largest absolute Gasteiger partial charge is 0.468 e. The van der Waals surface area contributed by atoms with E-state index in [9.17, 15) is 18.0 Å². The van der Waals surface area contributed by atoms with Crippen molar-refractivity contribution >= 4 is 17.4 Å². The first-order valence-electron chi connectivity index (χ1n) is 7.82. The van der Waals surface area contributed by atoms with Crippen molar-refractivity contribution in [2.45, 2.75) is 6.18 Å². The predicted octanol–water partition coefficient (Wildman–Crippen LogP) is 2.16. The number of amidine groups is 1. The molecule has 2 aromatic rings. The summed E-state index contributed by atoms with van der Waals surface area (Å²) >= 11 is 0. The number of alkyl halides is 3. The number of nitrogens with two attached hydrogens (primary N) is 1. The number of nitrogens with one attached hydrogen (secondary N) is 1. The topological polar surface area (TPSA) is 92.8 Å². The van der Waals surface area contributed by atoms with E-state index >= 15 is 0 Å². The van der Waals surface area contributed by atoms with E-state index in [1.807, 2.05) is 30.3 Å². The highest BCUT2D eigenvalue weighted by molar-refractivity contribution is 6.07. The Labute approximate surface area is 153 Å². The molecule has 0 aliphatic heterocycles. The lowest BCUT2D eigenvalue weighted by Crippen LogP contribution is -2.37. The Morgan fingerprint density at radius 1 is 1.26 bits per heavy atom. The number of para-hydroxylation sites is 1. The summed E-state index contributed by atoms with van der Waals surface area (Å²) in [4.78, 5) is 15.9. The van der Waals surface area contributed by atoms with Gasteiger partial charge in [-0.15, -0.1) is 0 Å². The van der Waals surface area contributed by atoms with Gasteiger partial charge in [-0.3, -0.25) is 9.80 Å². The molecule has 27 heavy (non-hydrogen) atoms. The van der Waals surface area contributed by atoms with Crippen molar-refractivity contribution in [3.8, 4) is 5.88 Å². The first-order valence-corrected chi connectivity index (χ1v) is 7.82. The molecule has 0 aliphatic rings. The number of pyridine rings is 1. The Hall–Kier alpha value is -3.14. The molecular formula is C17H18F3N5O2. The number of ether oxygens (including phenoxy) is 1. The highest BCUT2D eigenvalue weighted by Gasteiger charge is 2.28. The molecule has 0 bridgehead atoms. The van der Waals surface area contributed by atoms with E-state index in [2.05, 4.69) is 20.1 Å². The number of anilines is 1. The smallest absolute Gasteiger partial charge is 0.422 e. The van der Waals surface area contributed by atoms with Crippen LogP contribution in [-0.4, -0.2) is 43.1 Å². The zero-order valence-electron chi connectivity index (χ0n) is 14.4. The summed E-state index contributed by atoms with van der Waals surface area (Å²) in [5.74, 6) is -0.570. The molecule has 0 aliphatic carbocycles. The van der Waals surface area contributed by atoms with Gasteiger partial charge in [-0.25, -0.2) is 4.98 Å². The lowest BCUT2D eigenvalue weighted by atomic mass is 10.2. The quantitative estimate of drug-likeness (QED) is 0.454. The average molecular weight is 381 g/mol. The van der Waals surface area contributed by atoms with Gasteiger partial charge in [-0.2, -0.15) is 18.3 Å². The van der Waals surface area contributed by atoms with Crippen molar-refractivity contribution in [2.75, 3.05) is 25.2 Å². The fourth-order valence-electron chi connectivity index (χ4n) is 1.96. The van der Waals surface area contributed by atoms with Crippen LogP contribution in [0.15, 0.2) is 53.8 Å². The van der Waals surface area contributed by atoms with Crippen molar-refractivity contribution in [1.82, 2.24) is 10.3 Å². The number of benzene rings is 1. The number of hydrazone groups is 1. The number of carbonyl (C=O) groups is 1. The highest BCUT2D eigenvalue weighted by atomic mass is 19.4. The average Bonchev–Trinajstić information content (AvgIpc) is 2.66. The van der Waals surface area contributed by atoms with Gasteiger partial charge in [0.15, 0.2) is 6.61 Å². The van der Waals surface area contributed by atoms with Crippen LogP contribution in [0.4, 0.5) is 18.9 Å².